The van der Waals surface area contributed by atoms with Crippen LogP contribution in [0.25, 0.3) is 0 Å². The normalized spacial score (nSPS) is 12.0. The number of carbonyl (C=O) groups excluding carboxylic acids is 2. The Morgan fingerprint density at radius 2 is 1.82 bits per heavy atom. The first kappa shape index (κ1) is 26.9. The molecule has 0 aliphatic rings. The molecule has 0 saturated carbocycles. The number of rotatable bonds is 11. The van der Waals surface area contributed by atoms with Gasteiger partial charge in [-0.3, -0.25) is 9.59 Å². The first-order valence-electron chi connectivity index (χ1n) is 10.9. The van der Waals surface area contributed by atoms with Gasteiger partial charge in [0, 0.05) is 25.9 Å². The molecule has 2 N–H and O–H groups in total. The molecule has 186 valence electrons. The second-order valence-corrected chi connectivity index (χ2v) is 8.49. The van der Waals surface area contributed by atoms with Gasteiger partial charge in [0.15, 0.2) is 11.4 Å². The van der Waals surface area contributed by atoms with E-state index in [2.05, 4.69) is 10.7 Å². The lowest BCUT2D eigenvalue weighted by atomic mass is 10.2. The number of nitrogens with one attached hydrogen (secondary N) is 2. The summed E-state index contributed by atoms with van der Waals surface area (Å²) in [6.07, 6.45) is 0.398. The molecule has 1 aromatic carbocycles. The van der Waals surface area contributed by atoms with Crippen LogP contribution in [0.2, 0.25) is 0 Å². The summed E-state index contributed by atoms with van der Waals surface area (Å²) in [4.78, 5) is 38.0. The van der Waals surface area contributed by atoms with Crippen molar-refractivity contribution in [3.8, 4) is 5.75 Å². The highest BCUT2D eigenvalue weighted by Crippen LogP contribution is 2.16. The SMILES string of the molecule is COC(C)COCCNC(=O)c1c(OCc2ccccc2)c(=O)ccn1NC(=O)OC(C)(C)C. The van der Waals surface area contributed by atoms with Gasteiger partial charge in [-0.2, -0.15) is 0 Å². The number of pyridine rings is 1. The van der Waals surface area contributed by atoms with Crippen molar-refractivity contribution < 1.29 is 28.5 Å². The third-order valence-corrected chi connectivity index (χ3v) is 4.39. The Bertz CT molecular complexity index is 1000. The van der Waals surface area contributed by atoms with Crippen molar-refractivity contribution in [1.82, 2.24) is 9.99 Å². The summed E-state index contributed by atoms with van der Waals surface area (Å²) < 4.78 is 22.7. The molecule has 0 spiro atoms. The van der Waals surface area contributed by atoms with Crippen molar-refractivity contribution in [1.29, 1.82) is 0 Å². The smallest absolute Gasteiger partial charge is 0.426 e. The number of benzene rings is 1. The minimum Gasteiger partial charge on any atom is -0.482 e. The molecule has 1 heterocycles. The zero-order valence-corrected chi connectivity index (χ0v) is 20.3. The number of ether oxygens (including phenoxy) is 4. The molecular formula is C24H33N3O7. The molecule has 2 aromatic rings. The maximum atomic E-state index is 13.0. The maximum Gasteiger partial charge on any atom is 0.426 e. The van der Waals surface area contributed by atoms with Crippen LogP contribution in [0.4, 0.5) is 4.79 Å². The lowest BCUT2D eigenvalue weighted by Gasteiger charge is -2.22. The quantitative estimate of drug-likeness (QED) is 0.480. The number of carbonyl (C=O) groups is 2. The van der Waals surface area contributed by atoms with Crippen molar-refractivity contribution in [3.63, 3.8) is 0 Å². The summed E-state index contributed by atoms with van der Waals surface area (Å²) in [6, 6.07) is 10.4. The van der Waals surface area contributed by atoms with Crippen molar-refractivity contribution >= 4 is 12.0 Å². The molecule has 10 heteroatoms. The summed E-state index contributed by atoms with van der Waals surface area (Å²) in [5.41, 5.74) is 1.85. The zero-order chi connectivity index (χ0) is 25.1. The van der Waals surface area contributed by atoms with Crippen LogP contribution in [-0.4, -0.2) is 55.2 Å². The molecule has 2 rings (SSSR count). The van der Waals surface area contributed by atoms with Crippen LogP contribution in [0.15, 0.2) is 47.4 Å². The molecule has 1 atom stereocenters. The second kappa shape index (κ2) is 12.8. The first-order valence-corrected chi connectivity index (χ1v) is 10.9. The molecule has 0 fully saturated rings. The molecule has 0 aliphatic heterocycles. The van der Waals surface area contributed by atoms with E-state index in [0.29, 0.717) is 6.61 Å². The van der Waals surface area contributed by atoms with Crippen LogP contribution in [0.5, 0.6) is 5.75 Å². The second-order valence-electron chi connectivity index (χ2n) is 8.49. The Morgan fingerprint density at radius 3 is 2.47 bits per heavy atom. The van der Waals surface area contributed by atoms with Crippen molar-refractivity contribution in [2.75, 3.05) is 32.3 Å². The van der Waals surface area contributed by atoms with E-state index in [0.717, 1.165) is 10.2 Å². The Morgan fingerprint density at radius 1 is 1.12 bits per heavy atom. The highest BCUT2D eigenvalue weighted by Gasteiger charge is 2.23. The number of hydrogen-bond donors (Lipinski definition) is 2. The fourth-order valence-corrected chi connectivity index (χ4v) is 2.73. The van der Waals surface area contributed by atoms with Crippen LogP contribution < -0.4 is 20.9 Å². The third-order valence-electron chi connectivity index (χ3n) is 4.39. The van der Waals surface area contributed by atoms with Gasteiger partial charge in [-0.05, 0) is 33.3 Å². The van der Waals surface area contributed by atoms with E-state index in [1.807, 2.05) is 37.3 Å². The van der Waals surface area contributed by atoms with Crippen molar-refractivity contribution in [3.05, 3.63) is 64.1 Å². The minimum absolute atomic E-state index is 0.0603. The predicted molar refractivity (Wildman–Crippen MR) is 127 cm³/mol. The summed E-state index contributed by atoms with van der Waals surface area (Å²) in [7, 11) is 1.58. The van der Waals surface area contributed by atoms with Crippen LogP contribution in [0.3, 0.4) is 0 Å². The average molecular weight is 476 g/mol. The Labute approximate surface area is 199 Å². The number of nitrogens with zero attached hydrogens (tertiary/aromatic N) is 1. The molecule has 0 aliphatic carbocycles. The van der Waals surface area contributed by atoms with Gasteiger partial charge in [0.2, 0.25) is 5.43 Å². The lowest BCUT2D eigenvalue weighted by molar-refractivity contribution is 0.0197. The van der Waals surface area contributed by atoms with Gasteiger partial charge in [0.05, 0.1) is 19.3 Å². The fraction of sp³-hybridized carbons (Fsp3) is 0.458. The Balaban J connectivity index is 2.24. The van der Waals surface area contributed by atoms with Crippen LogP contribution in [0.1, 0.15) is 43.7 Å². The summed E-state index contributed by atoms with van der Waals surface area (Å²) in [6.45, 7) is 7.83. The van der Waals surface area contributed by atoms with Gasteiger partial charge in [-0.25, -0.2) is 14.9 Å². The van der Waals surface area contributed by atoms with E-state index in [-0.39, 0.29) is 37.3 Å². The topological polar surface area (TPSA) is 117 Å². The van der Waals surface area contributed by atoms with Gasteiger partial charge in [-0.1, -0.05) is 30.3 Å². The fourth-order valence-electron chi connectivity index (χ4n) is 2.73. The summed E-state index contributed by atoms with van der Waals surface area (Å²) in [5.74, 6) is -0.825. The molecule has 0 radical (unpaired) electrons. The standard InChI is InChI=1S/C24H33N3O7/c1-17(31-5)15-32-14-12-25-22(29)20-21(33-16-18-9-7-6-8-10-18)19(28)11-13-27(20)26-23(30)34-24(2,3)4/h6-11,13,17H,12,14-16H2,1-5H3,(H,25,29)(H,26,30). The van der Waals surface area contributed by atoms with Gasteiger partial charge in [0.25, 0.3) is 5.91 Å². The van der Waals surface area contributed by atoms with Crippen LogP contribution in [-0.2, 0) is 20.8 Å². The number of aromatic nitrogens is 1. The van der Waals surface area contributed by atoms with Gasteiger partial charge in [-0.15, -0.1) is 0 Å². The largest absolute Gasteiger partial charge is 0.482 e. The number of amides is 2. The maximum absolute atomic E-state index is 13.0. The van der Waals surface area contributed by atoms with E-state index in [4.69, 9.17) is 18.9 Å². The van der Waals surface area contributed by atoms with E-state index >= 15 is 0 Å². The Hall–Kier alpha value is -3.37. The van der Waals surface area contributed by atoms with E-state index in [9.17, 15) is 14.4 Å². The molecular weight excluding hydrogens is 442 g/mol. The van der Waals surface area contributed by atoms with Gasteiger partial charge in [0.1, 0.15) is 12.2 Å². The molecule has 34 heavy (non-hydrogen) atoms. The number of hydrogen-bond acceptors (Lipinski definition) is 7. The third kappa shape index (κ3) is 8.87. The molecule has 1 aromatic heterocycles. The van der Waals surface area contributed by atoms with Gasteiger partial charge < -0.3 is 24.3 Å². The average Bonchev–Trinajstić information content (AvgIpc) is 2.78. The van der Waals surface area contributed by atoms with E-state index < -0.39 is 23.0 Å². The highest BCUT2D eigenvalue weighted by molar-refractivity contribution is 5.96. The Kier molecular flexibility index (Phi) is 10.1. The molecule has 0 saturated heterocycles. The summed E-state index contributed by atoms with van der Waals surface area (Å²) >= 11 is 0. The lowest BCUT2D eigenvalue weighted by Crippen LogP contribution is -2.38. The van der Waals surface area contributed by atoms with Gasteiger partial charge >= 0.3 is 6.09 Å². The number of methoxy groups -OCH3 is 1. The molecule has 10 nitrogen and oxygen atoms in total. The molecule has 1 unspecified atom stereocenters. The monoisotopic (exact) mass is 475 g/mol. The molecule has 0 bridgehead atoms. The van der Waals surface area contributed by atoms with Crippen molar-refractivity contribution in [2.45, 2.75) is 46.0 Å². The first-order chi connectivity index (χ1) is 16.1. The van der Waals surface area contributed by atoms with Crippen LogP contribution >= 0.6 is 0 Å². The van der Waals surface area contributed by atoms with Crippen molar-refractivity contribution in [2.24, 2.45) is 0 Å². The summed E-state index contributed by atoms with van der Waals surface area (Å²) in [5, 5.41) is 2.68. The predicted octanol–water partition coefficient (Wildman–Crippen LogP) is 2.69. The van der Waals surface area contributed by atoms with E-state index in [1.165, 1.54) is 12.3 Å². The van der Waals surface area contributed by atoms with E-state index in [1.54, 1.807) is 27.9 Å². The van der Waals surface area contributed by atoms with Crippen LogP contribution in [0, 0.1) is 0 Å². The highest BCUT2D eigenvalue weighted by atomic mass is 16.6. The zero-order valence-electron chi connectivity index (χ0n) is 20.3. The minimum atomic E-state index is -0.795. The molecule has 2 amide bonds.